The van der Waals surface area contributed by atoms with E-state index < -0.39 is 9.84 Å². The average molecular weight is 319 g/mol. The van der Waals surface area contributed by atoms with Gasteiger partial charge in [-0.1, -0.05) is 31.9 Å². The molecule has 0 spiro atoms. The lowest BCUT2D eigenvalue weighted by molar-refractivity contribution is 0.0956. The van der Waals surface area contributed by atoms with E-state index in [0.29, 0.717) is 5.56 Å². The first-order valence-corrected chi connectivity index (χ1v) is 8.73. The molecule has 1 amide bonds. The SMILES string of the molecule is CCCc1cc(C(=O)NCCS(=O)(=O)CC)cc(Cl)n1. The summed E-state index contributed by atoms with van der Waals surface area (Å²) in [5, 5.41) is 2.85. The van der Waals surface area contributed by atoms with Crippen LogP contribution in [0.25, 0.3) is 0 Å². The summed E-state index contributed by atoms with van der Waals surface area (Å²) in [6.07, 6.45) is 1.65. The molecule has 0 saturated heterocycles. The normalized spacial score (nSPS) is 11.3. The van der Waals surface area contributed by atoms with Crippen molar-refractivity contribution < 1.29 is 13.2 Å². The van der Waals surface area contributed by atoms with Gasteiger partial charge >= 0.3 is 0 Å². The zero-order chi connectivity index (χ0) is 15.2. The van der Waals surface area contributed by atoms with Crippen molar-refractivity contribution in [2.45, 2.75) is 26.7 Å². The number of sulfone groups is 1. The first-order chi connectivity index (χ1) is 9.38. The number of nitrogens with one attached hydrogen (secondary N) is 1. The summed E-state index contributed by atoms with van der Waals surface area (Å²) in [6.45, 7) is 3.69. The van der Waals surface area contributed by atoms with Crippen molar-refractivity contribution >= 4 is 27.3 Å². The second kappa shape index (κ2) is 7.59. The average Bonchev–Trinajstić information content (AvgIpc) is 2.38. The maximum Gasteiger partial charge on any atom is 0.251 e. The number of carbonyl (C=O) groups excluding carboxylic acids is 1. The van der Waals surface area contributed by atoms with E-state index in [0.717, 1.165) is 18.5 Å². The molecule has 1 aromatic rings. The number of aryl methyl sites for hydroxylation is 1. The van der Waals surface area contributed by atoms with Gasteiger partial charge in [0.05, 0.1) is 5.75 Å². The van der Waals surface area contributed by atoms with Crippen LogP contribution in [-0.2, 0) is 16.3 Å². The molecule has 1 aromatic heterocycles. The predicted molar refractivity (Wildman–Crippen MR) is 79.9 cm³/mol. The standard InChI is InChI=1S/C13H19ClN2O3S/c1-3-5-11-8-10(9-12(14)16-11)13(17)15-6-7-20(18,19)4-2/h8-9H,3-7H2,1-2H3,(H,15,17). The number of pyridine rings is 1. The van der Waals surface area contributed by atoms with E-state index in [2.05, 4.69) is 10.3 Å². The van der Waals surface area contributed by atoms with Gasteiger partial charge in [0.1, 0.15) is 5.15 Å². The largest absolute Gasteiger partial charge is 0.351 e. The Bertz CT molecular complexity index is 573. The molecule has 0 aliphatic carbocycles. The Kier molecular flexibility index (Phi) is 6.42. The number of carbonyl (C=O) groups is 1. The van der Waals surface area contributed by atoms with Crippen LogP contribution in [0.15, 0.2) is 12.1 Å². The second-order valence-corrected chi connectivity index (χ2v) is 7.27. The van der Waals surface area contributed by atoms with E-state index in [-0.39, 0.29) is 29.1 Å². The minimum absolute atomic E-state index is 0.0596. The molecule has 1 heterocycles. The first-order valence-electron chi connectivity index (χ1n) is 6.53. The lowest BCUT2D eigenvalue weighted by Crippen LogP contribution is -2.29. The quantitative estimate of drug-likeness (QED) is 0.778. The molecule has 1 N–H and O–H groups in total. The van der Waals surface area contributed by atoms with E-state index in [1.165, 1.54) is 6.07 Å². The summed E-state index contributed by atoms with van der Waals surface area (Å²) in [6, 6.07) is 3.16. The van der Waals surface area contributed by atoms with Crippen LogP contribution in [0.4, 0.5) is 0 Å². The number of rotatable bonds is 7. The summed E-state index contributed by atoms with van der Waals surface area (Å²) < 4.78 is 22.7. The Balaban J connectivity index is 2.68. The highest BCUT2D eigenvalue weighted by atomic mass is 35.5. The van der Waals surface area contributed by atoms with Crippen LogP contribution in [0.1, 0.15) is 36.3 Å². The molecule has 0 aromatic carbocycles. The molecule has 7 heteroatoms. The van der Waals surface area contributed by atoms with Crippen LogP contribution in [0.3, 0.4) is 0 Å². The minimum Gasteiger partial charge on any atom is -0.351 e. The van der Waals surface area contributed by atoms with Gasteiger partial charge in [-0.05, 0) is 18.6 Å². The third kappa shape index (κ3) is 5.46. The number of hydrogen-bond acceptors (Lipinski definition) is 4. The highest BCUT2D eigenvalue weighted by Crippen LogP contribution is 2.12. The number of nitrogens with zero attached hydrogens (tertiary/aromatic N) is 1. The monoisotopic (exact) mass is 318 g/mol. The fourth-order valence-corrected chi connectivity index (χ4v) is 2.56. The molecule has 112 valence electrons. The Labute approximate surface area is 124 Å². The lowest BCUT2D eigenvalue weighted by atomic mass is 10.1. The Hall–Kier alpha value is -1.14. The lowest BCUT2D eigenvalue weighted by Gasteiger charge is -2.07. The van der Waals surface area contributed by atoms with Gasteiger partial charge in [-0.2, -0.15) is 0 Å². The number of halogens is 1. The van der Waals surface area contributed by atoms with Crippen LogP contribution in [0.5, 0.6) is 0 Å². The number of aromatic nitrogens is 1. The van der Waals surface area contributed by atoms with E-state index in [9.17, 15) is 13.2 Å². The second-order valence-electron chi connectivity index (χ2n) is 4.41. The van der Waals surface area contributed by atoms with Crippen molar-refractivity contribution in [3.63, 3.8) is 0 Å². The molecule has 0 fully saturated rings. The van der Waals surface area contributed by atoms with E-state index in [1.54, 1.807) is 13.0 Å². The summed E-state index contributed by atoms with van der Waals surface area (Å²) in [7, 11) is -3.08. The summed E-state index contributed by atoms with van der Waals surface area (Å²) in [5.74, 6) is -0.321. The fraction of sp³-hybridized carbons (Fsp3) is 0.538. The predicted octanol–water partition coefficient (Wildman–Crippen LogP) is 1.85. The van der Waals surface area contributed by atoms with Gasteiger partial charge in [-0.3, -0.25) is 4.79 Å². The van der Waals surface area contributed by atoms with Crippen LogP contribution in [0.2, 0.25) is 5.15 Å². The molecule has 0 aliphatic rings. The van der Waals surface area contributed by atoms with Gasteiger partial charge in [0, 0.05) is 23.6 Å². The maximum atomic E-state index is 11.9. The molecule has 1 rings (SSSR count). The molecule has 0 aliphatic heterocycles. The van der Waals surface area contributed by atoms with Gasteiger partial charge in [0.25, 0.3) is 5.91 Å². The van der Waals surface area contributed by atoms with Crippen LogP contribution in [-0.4, -0.2) is 37.4 Å². The minimum atomic E-state index is -3.08. The maximum absolute atomic E-state index is 11.9. The van der Waals surface area contributed by atoms with Crippen molar-refractivity contribution in [1.29, 1.82) is 0 Å². The van der Waals surface area contributed by atoms with Crippen LogP contribution >= 0.6 is 11.6 Å². The van der Waals surface area contributed by atoms with Gasteiger partial charge in [-0.25, -0.2) is 13.4 Å². The zero-order valence-corrected chi connectivity index (χ0v) is 13.2. The highest BCUT2D eigenvalue weighted by molar-refractivity contribution is 7.91. The molecule has 0 atom stereocenters. The van der Waals surface area contributed by atoms with Crippen molar-refractivity contribution in [3.8, 4) is 0 Å². The Morgan fingerprint density at radius 3 is 2.65 bits per heavy atom. The van der Waals surface area contributed by atoms with Crippen molar-refractivity contribution in [2.24, 2.45) is 0 Å². The molecule has 5 nitrogen and oxygen atoms in total. The molecule has 0 bridgehead atoms. The zero-order valence-electron chi connectivity index (χ0n) is 11.6. The number of hydrogen-bond donors (Lipinski definition) is 1. The van der Waals surface area contributed by atoms with E-state index in [4.69, 9.17) is 11.6 Å². The Morgan fingerprint density at radius 2 is 2.05 bits per heavy atom. The van der Waals surface area contributed by atoms with Gasteiger partial charge < -0.3 is 5.32 Å². The van der Waals surface area contributed by atoms with Crippen LogP contribution in [0, 0.1) is 0 Å². The summed E-state index contributed by atoms with van der Waals surface area (Å²) in [4.78, 5) is 16.1. The molecule has 0 saturated carbocycles. The first kappa shape index (κ1) is 16.9. The van der Waals surface area contributed by atoms with E-state index in [1.807, 2.05) is 6.92 Å². The molecule has 20 heavy (non-hydrogen) atoms. The van der Waals surface area contributed by atoms with Crippen molar-refractivity contribution in [1.82, 2.24) is 10.3 Å². The number of amides is 1. The third-order valence-electron chi connectivity index (χ3n) is 2.75. The van der Waals surface area contributed by atoms with Crippen molar-refractivity contribution in [2.75, 3.05) is 18.1 Å². The van der Waals surface area contributed by atoms with Gasteiger partial charge in [-0.15, -0.1) is 0 Å². The smallest absolute Gasteiger partial charge is 0.251 e. The van der Waals surface area contributed by atoms with Crippen LogP contribution < -0.4 is 5.32 Å². The third-order valence-corrected chi connectivity index (χ3v) is 4.65. The highest BCUT2D eigenvalue weighted by Gasteiger charge is 2.11. The van der Waals surface area contributed by atoms with Crippen molar-refractivity contribution in [3.05, 3.63) is 28.5 Å². The molecular formula is C13H19ClN2O3S. The topological polar surface area (TPSA) is 76.1 Å². The summed E-state index contributed by atoms with van der Waals surface area (Å²) in [5.41, 5.74) is 1.16. The fourth-order valence-electron chi connectivity index (χ4n) is 1.63. The van der Waals surface area contributed by atoms with Gasteiger partial charge in [0.15, 0.2) is 9.84 Å². The molecule has 0 radical (unpaired) electrons. The molecule has 0 unspecified atom stereocenters. The Morgan fingerprint density at radius 1 is 1.35 bits per heavy atom. The van der Waals surface area contributed by atoms with Gasteiger partial charge in [0.2, 0.25) is 0 Å². The van der Waals surface area contributed by atoms with E-state index >= 15 is 0 Å². The molecular weight excluding hydrogens is 300 g/mol. The summed E-state index contributed by atoms with van der Waals surface area (Å²) >= 11 is 5.87.